The highest BCUT2D eigenvalue weighted by Crippen LogP contribution is 2.14. The van der Waals surface area contributed by atoms with Gasteiger partial charge in [-0.3, -0.25) is 4.98 Å². The molecule has 1 aromatic heterocycles. The lowest BCUT2D eigenvalue weighted by Gasteiger charge is -2.11. The van der Waals surface area contributed by atoms with Gasteiger partial charge in [0, 0.05) is 19.9 Å². The molecule has 1 N–H and O–H groups in total. The number of pyridine rings is 1. The van der Waals surface area contributed by atoms with Crippen LogP contribution in [-0.4, -0.2) is 24.7 Å². The van der Waals surface area contributed by atoms with E-state index < -0.39 is 0 Å². The maximum Gasteiger partial charge on any atom is 0.130 e. The van der Waals surface area contributed by atoms with Gasteiger partial charge in [-0.05, 0) is 49.7 Å². The zero-order chi connectivity index (χ0) is 15.6. The number of nitrogens with one attached hydrogen (secondary N) is 1. The predicted octanol–water partition coefficient (Wildman–Crippen LogP) is 3.18. The number of nitrogens with zero attached hydrogens (tertiary/aromatic N) is 1. The van der Waals surface area contributed by atoms with E-state index in [-0.39, 0.29) is 0 Å². The molecular weight excluding hydrogens is 276 g/mol. The van der Waals surface area contributed by atoms with Gasteiger partial charge in [0.25, 0.3) is 0 Å². The summed E-state index contributed by atoms with van der Waals surface area (Å²) in [5, 5.41) is 3.42. The van der Waals surface area contributed by atoms with Crippen molar-refractivity contribution >= 4 is 0 Å². The lowest BCUT2D eigenvalue weighted by molar-refractivity contribution is 0.111. The Labute approximate surface area is 132 Å². The van der Waals surface area contributed by atoms with Crippen LogP contribution >= 0.6 is 0 Å². The Morgan fingerprint density at radius 2 is 2.09 bits per heavy atom. The number of benzene rings is 1. The minimum absolute atomic E-state index is 0.292. The third-order valence-corrected chi connectivity index (χ3v) is 3.47. The van der Waals surface area contributed by atoms with Crippen LogP contribution in [0.1, 0.15) is 24.6 Å². The van der Waals surface area contributed by atoms with Crippen LogP contribution in [0, 0.1) is 0 Å². The highest BCUT2D eigenvalue weighted by atomic mass is 16.5. The van der Waals surface area contributed by atoms with Crippen molar-refractivity contribution in [3.63, 3.8) is 0 Å². The van der Waals surface area contributed by atoms with Crippen LogP contribution in [0.4, 0.5) is 0 Å². The van der Waals surface area contributed by atoms with Gasteiger partial charge >= 0.3 is 0 Å². The molecule has 1 aromatic carbocycles. The van der Waals surface area contributed by atoms with E-state index in [1.807, 2.05) is 30.3 Å². The van der Waals surface area contributed by atoms with Crippen LogP contribution < -0.4 is 10.1 Å². The molecule has 0 saturated heterocycles. The fraction of sp³-hybridized carbons (Fsp3) is 0.389. The molecule has 0 bridgehead atoms. The molecule has 1 heterocycles. The predicted molar refractivity (Wildman–Crippen MR) is 87.8 cm³/mol. The molecule has 22 heavy (non-hydrogen) atoms. The summed E-state index contributed by atoms with van der Waals surface area (Å²) >= 11 is 0. The van der Waals surface area contributed by atoms with E-state index in [0.717, 1.165) is 31.0 Å². The molecule has 1 atom stereocenters. The molecule has 0 fully saturated rings. The minimum Gasteiger partial charge on any atom is -0.487 e. The molecule has 4 heteroatoms. The molecule has 2 rings (SSSR count). The first-order chi connectivity index (χ1) is 10.8. The molecule has 0 spiro atoms. The van der Waals surface area contributed by atoms with Gasteiger partial charge in [0.15, 0.2) is 0 Å². The third-order valence-electron chi connectivity index (χ3n) is 3.47. The fourth-order valence-corrected chi connectivity index (χ4v) is 2.04. The lowest BCUT2D eigenvalue weighted by Crippen LogP contribution is -2.19. The van der Waals surface area contributed by atoms with Crippen LogP contribution in [0.2, 0.25) is 0 Å². The van der Waals surface area contributed by atoms with E-state index >= 15 is 0 Å². The Kier molecular flexibility index (Phi) is 6.87. The summed E-state index contributed by atoms with van der Waals surface area (Å²) < 4.78 is 11.0. The van der Waals surface area contributed by atoms with E-state index in [1.165, 1.54) is 5.56 Å². The number of hydrogen-bond acceptors (Lipinski definition) is 4. The second-order valence-electron chi connectivity index (χ2n) is 5.27. The van der Waals surface area contributed by atoms with Crippen molar-refractivity contribution in [2.75, 3.05) is 13.7 Å². The van der Waals surface area contributed by atoms with Gasteiger partial charge in [0.2, 0.25) is 0 Å². The first-order valence-electron chi connectivity index (χ1n) is 7.63. The van der Waals surface area contributed by atoms with Crippen molar-refractivity contribution in [3.8, 4) is 5.75 Å². The largest absolute Gasteiger partial charge is 0.487 e. The van der Waals surface area contributed by atoms with Crippen LogP contribution in [0.3, 0.4) is 0 Å². The van der Waals surface area contributed by atoms with Crippen molar-refractivity contribution in [1.82, 2.24) is 10.3 Å². The molecule has 0 radical (unpaired) electrons. The first-order valence-corrected chi connectivity index (χ1v) is 7.63. The number of methoxy groups -OCH3 is 1. The SMILES string of the molecule is COC(C)CCNCc1cccc(OCc2ccccn2)c1. The molecule has 1 unspecified atom stereocenters. The van der Waals surface area contributed by atoms with Gasteiger partial charge in [-0.15, -0.1) is 0 Å². The van der Waals surface area contributed by atoms with Crippen LogP contribution in [-0.2, 0) is 17.9 Å². The van der Waals surface area contributed by atoms with Gasteiger partial charge < -0.3 is 14.8 Å². The quantitative estimate of drug-likeness (QED) is 0.722. The normalized spacial score (nSPS) is 12.1. The van der Waals surface area contributed by atoms with Crippen LogP contribution in [0.5, 0.6) is 5.75 Å². The Hall–Kier alpha value is -1.91. The number of aromatic nitrogens is 1. The standard InChI is InChI=1S/C18H24N2O2/c1-15(21-2)9-11-19-13-16-6-5-8-18(12-16)22-14-17-7-3-4-10-20-17/h3-8,10,12,15,19H,9,11,13-14H2,1-2H3. The average molecular weight is 300 g/mol. The van der Waals surface area contributed by atoms with E-state index in [1.54, 1.807) is 13.3 Å². The van der Waals surface area contributed by atoms with Gasteiger partial charge in [-0.2, -0.15) is 0 Å². The summed E-state index contributed by atoms with van der Waals surface area (Å²) in [4.78, 5) is 4.25. The second-order valence-corrected chi connectivity index (χ2v) is 5.27. The first kappa shape index (κ1) is 16.5. The lowest BCUT2D eigenvalue weighted by atomic mass is 10.2. The maximum atomic E-state index is 5.78. The average Bonchev–Trinajstić information content (AvgIpc) is 2.58. The van der Waals surface area contributed by atoms with Crippen molar-refractivity contribution in [1.29, 1.82) is 0 Å². The topological polar surface area (TPSA) is 43.4 Å². The fourth-order valence-electron chi connectivity index (χ4n) is 2.04. The van der Waals surface area contributed by atoms with Gasteiger partial charge in [-0.1, -0.05) is 18.2 Å². The van der Waals surface area contributed by atoms with E-state index in [2.05, 4.69) is 29.4 Å². The Balaban J connectivity index is 1.77. The number of rotatable bonds is 9. The van der Waals surface area contributed by atoms with Gasteiger partial charge in [0.05, 0.1) is 11.8 Å². The summed E-state index contributed by atoms with van der Waals surface area (Å²) in [5.74, 6) is 0.871. The Bertz CT molecular complexity index is 546. The zero-order valence-corrected chi connectivity index (χ0v) is 13.3. The molecule has 0 aliphatic carbocycles. The van der Waals surface area contributed by atoms with Crippen molar-refractivity contribution < 1.29 is 9.47 Å². The smallest absolute Gasteiger partial charge is 0.130 e. The van der Waals surface area contributed by atoms with Crippen LogP contribution in [0.25, 0.3) is 0 Å². The molecule has 0 amide bonds. The van der Waals surface area contributed by atoms with Gasteiger partial charge in [-0.25, -0.2) is 0 Å². The molecule has 0 aliphatic rings. The maximum absolute atomic E-state index is 5.78. The highest BCUT2D eigenvalue weighted by Gasteiger charge is 2.01. The number of hydrogen-bond donors (Lipinski definition) is 1. The highest BCUT2D eigenvalue weighted by molar-refractivity contribution is 5.28. The van der Waals surface area contributed by atoms with Crippen molar-refractivity contribution in [3.05, 3.63) is 59.9 Å². The third kappa shape index (κ3) is 5.84. The Morgan fingerprint density at radius 3 is 2.86 bits per heavy atom. The summed E-state index contributed by atoms with van der Waals surface area (Å²) in [6.45, 7) is 4.34. The van der Waals surface area contributed by atoms with E-state index in [4.69, 9.17) is 9.47 Å². The molecule has 2 aromatic rings. The monoisotopic (exact) mass is 300 g/mol. The Morgan fingerprint density at radius 1 is 1.18 bits per heavy atom. The number of ether oxygens (including phenoxy) is 2. The van der Waals surface area contributed by atoms with E-state index in [9.17, 15) is 0 Å². The zero-order valence-electron chi connectivity index (χ0n) is 13.3. The van der Waals surface area contributed by atoms with Crippen LogP contribution in [0.15, 0.2) is 48.7 Å². The van der Waals surface area contributed by atoms with Crippen molar-refractivity contribution in [2.24, 2.45) is 0 Å². The minimum atomic E-state index is 0.292. The summed E-state index contributed by atoms with van der Waals surface area (Å²) in [6, 6.07) is 14.0. The molecule has 0 saturated carbocycles. The molecule has 4 nitrogen and oxygen atoms in total. The molecule has 0 aliphatic heterocycles. The summed E-state index contributed by atoms with van der Waals surface area (Å²) in [7, 11) is 1.74. The molecular formula is C18H24N2O2. The summed E-state index contributed by atoms with van der Waals surface area (Å²) in [5.41, 5.74) is 2.14. The van der Waals surface area contributed by atoms with Crippen molar-refractivity contribution in [2.45, 2.75) is 32.6 Å². The molecule has 118 valence electrons. The second kappa shape index (κ2) is 9.18. The summed E-state index contributed by atoms with van der Waals surface area (Å²) in [6.07, 6.45) is 3.08. The van der Waals surface area contributed by atoms with E-state index in [0.29, 0.717) is 12.7 Å². The van der Waals surface area contributed by atoms with Gasteiger partial charge in [0.1, 0.15) is 12.4 Å².